The van der Waals surface area contributed by atoms with E-state index in [1.54, 1.807) is 6.92 Å². The highest BCUT2D eigenvalue weighted by Crippen LogP contribution is 2.31. The van der Waals surface area contributed by atoms with Gasteiger partial charge in [-0.15, -0.1) is 4.33 Å². The molecule has 0 heterocycles. The van der Waals surface area contributed by atoms with Crippen molar-refractivity contribution >= 4 is 24.0 Å². The SMILES string of the molecule is CC(C)CC(C)OC(=O)CCC(=O)OC(C)CC(C)(C)SOOO. The van der Waals surface area contributed by atoms with E-state index in [9.17, 15) is 9.59 Å². The Bertz CT molecular complexity index is 385. The van der Waals surface area contributed by atoms with Crippen LogP contribution in [0.25, 0.3) is 0 Å². The summed E-state index contributed by atoms with van der Waals surface area (Å²) in [4.78, 5) is 23.5. The van der Waals surface area contributed by atoms with Crippen molar-refractivity contribution in [3.8, 4) is 0 Å². The summed E-state index contributed by atoms with van der Waals surface area (Å²) in [6, 6.07) is 0. The normalized spacial score (nSPS) is 14.3. The Kier molecular flexibility index (Phi) is 11.3. The van der Waals surface area contributed by atoms with Crippen molar-refractivity contribution in [3.05, 3.63) is 0 Å². The minimum atomic E-state index is -0.448. The molecule has 0 aromatic heterocycles. The van der Waals surface area contributed by atoms with Crippen LogP contribution in [0.1, 0.15) is 67.2 Å². The second-order valence-corrected chi connectivity index (χ2v) is 8.33. The monoisotopic (exact) mass is 366 g/mol. The predicted molar refractivity (Wildman–Crippen MR) is 90.9 cm³/mol. The second-order valence-electron chi connectivity index (χ2n) is 6.92. The fraction of sp³-hybridized carbons (Fsp3) is 0.875. The van der Waals surface area contributed by atoms with Crippen LogP contribution >= 0.6 is 12.0 Å². The highest BCUT2D eigenvalue weighted by Gasteiger charge is 2.26. The minimum Gasteiger partial charge on any atom is -0.463 e. The molecule has 0 aromatic rings. The first-order valence-electron chi connectivity index (χ1n) is 8.10. The first kappa shape index (κ1) is 23.2. The largest absolute Gasteiger partial charge is 0.463 e. The smallest absolute Gasteiger partial charge is 0.306 e. The summed E-state index contributed by atoms with van der Waals surface area (Å²) < 4.78 is 14.5. The van der Waals surface area contributed by atoms with Gasteiger partial charge in [0.2, 0.25) is 0 Å². The molecule has 2 unspecified atom stereocenters. The lowest BCUT2D eigenvalue weighted by molar-refractivity contribution is -0.432. The van der Waals surface area contributed by atoms with Crippen molar-refractivity contribution in [2.24, 2.45) is 5.92 Å². The van der Waals surface area contributed by atoms with E-state index in [1.165, 1.54) is 0 Å². The summed E-state index contributed by atoms with van der Waals surface area (Å²) in [6.07, 6.45) is 0.759. The van der Waals surface area contributed by atoms with E-state index in [1.807, 2.05) is 20.8 Å². The lowest BCUT2D eigenvalue weighted by atomic mass is 10.1. The molecule has 0 saturated heterocycles. The van der Waals surface area contributed by atoms with Crippen molar-refractivity contribution in [2.45, 2.75) is 84.2 Å². The standard InChI is InChI=1S/C16H30O7S/c1-11(2)9-12(3)20-14(17)7-8-15(18)21-13(4)10-16(5,6)24-23-22-19/h11-13,19H,7-10H2,1-6H3. The number of carbonyl (C=O) groups is 2. The molecule has 0 rings (SSSR count). The van der Waals surface area contributed by atoms with Gasteiger partial charge in [0.25, 0.3) is 0 Å². The molecule has 0 aliphatic heterocycles. The molecule has 0 aromatic carbocycles. The quantitative estimate of drug-likeness (QED) is 0.240. The molecule has 0 aliphatic rings. The van der Waals surface area contributed by atoms with Crippen LogP contribution in [0.15, 0.2) is 0 Å². The Morgan fingerprint density at radius 1 is 1.00 bits per heavy atom. The van der Waals surface area contributed by atoms with Crippen LogP contribution in [0.2, 0.25) is 0 Å². The fourth-order valence-electron chi connectivity index (χ4n) is 2.36. The molecular weight excluding hydrogens is 336 g/mol. The average molecular weight is 366 g/mol. The number of hydrogen-bond donors (Lipinski definition) is 1. The fourth-order valence-corrected chi connectivity index (χ4v) is 2.88. The summed E-state index contributed by atoms with van der Waals surface area (Å²) >= 11 is 0.926. The Labute approximate surface area is 148 Å². The molecule has 0 bridgehead atoms. The number of rotatable bonds is 12. The Morgan fingerprint density at radius 2 is 1.50 bits per heavy atom. The van der Waals surface area contributed by atoms with Gasteiger partial charge in [0.15, 0.2) is 0 Å². The molecule has 0 amide bonds. The van der Waals surface area contributed by atoms with Crippen LogP contribution in [-0.2, 0) is 28.4 Å². The number of esters is 2. The van der Waals surface area contributed by atoms with Crippen molar-refractivity contribution in [1.29, 1.82) is 0 Å². The minimum absolute atomic E-state index is 0.00753. The van der Waals surface area contributed by atoms with Crippen molar-refractivity contribution in [1.82, 2.24) is 0 Å². The predicted octanol–water partition coefficient (Wildman–Crippen LogP) is 3.91. The van der Waals surface area contributed by atoms with Crippen LogP contribution in [0, 0.1) is 5.92 Å². The van der Waals surface area contributed by atoms with Gasteiger partial charge in [0, 0.05) is 23.2 Å². The highest BCUT2D eigenvalue weighted by atomic mass is 32.2. The Morgan fingerprint density at radius 3 is 1.96 bits per heavy atom. The molecule has 7 nitrogen and oxygen atoms in total. The molecule has 8 heteroatoms. The van der Waals surface area contributed by atoms with Gasteiger partial charge in [0.05, 0.1) is 18.9 Å². The van der Waals surface area contributed by atoms with E-state index in [2.05, 4.69) is 23.2 Å². The third-order valence-electron chi connectivity index (χ3n) is 3.07. The van der Waals surface area contributed by atoms with Gasteiger partial charge in [-0.05, 0) is 40.0 Å². The first-order valence-corrected chi connectivity index (χ1v) is 8.84. The Hall–Kier alpha value is -0.830. The van der Waals surface area contributed by atoms with Crippen molar-refractivity contribution in [3.63, 3.8) is 0 Å². The Balaban J connectivity index is 4.05. The van der Waals surface area contributed by atoms with Crippen molar-refractivity contribution in [2.75, 3.05) is 0 Å². The van der Waals surface area contributed by atoms with E-state index in [-0.39, 0.29) is 25.0 Å². The average Bonchev–Trinajstić information content (AvgIpc) is 2.41. The summed E-state index contributed by atoms with van der Waals surface area (Å²) in [5.41, 5.74) is 0. The zero-order valence-corrected chi connectivity index (χ0v) is 16.2. The maximum Gasteiger partial charge on any atom is 0.306 e. The van der Waals surface area contributed by atoms with Gasteiger partial charge in [0.1, 0.15) is 6.10 Å². The molecule has 1 N–H and O–H groups in total. The second kappa shape index (κ2) is 11.7. The molecule has 0 spiro atoms. The van der Waals surface area contributed by atoms with E-state index >= 15 is 0 Å². The molecule has 0 saturated carbocycles. The molecule has 0 fully saturated rings. The van der Waals surface area contributed by atoms with Crippen molar-refractivity contribution < 1.29 is 33.7 Å². The molecular formula is C16H30O7S. The van der Waals surface area contributed by atoms with E-state index in [0.717, 1.165) is 18.5 Å². The van der Waals surface area contributed by atoms with E-state index < -0.39 is 16.7 Å². The number of carbonyl (C=O) groups excluding carboxylic acids is 2. The lowest BCUT2D eigenvalue weighted by Gasteiger charge is -2.25. The summed E-state index contributed by atoms with van der Waals surface area (Å²) in [6.45, 7) is 11.4. The summed E-state index contributed by atoms with van der Waals surface area (Å²) in [5.74, 6) is -0.395. The van der Waals surface area contributed by atoms with Crippen LogP contribution in [0.3, 0.4) is 0 Å². The summed E-state index contributed by atoms with van der Waals surface area (Å²) in [5, 5.41) is 11.7. The maximum atomic E-state index is 11.8. The van der Waals surface area contributed by atoms with Gasteiger partial charge in [-0.25, -0.2) is 5.26 Å². The van der Waals surface area contributed by atoms with Crippen LogP contribution in [0.4, 0.5) is 0 Å². The van der Waals surface area contributed by atoms with Gasteiger partial charge >= 0.3 is 11.9 Å². The van der Waals surface area contributed by atoms with Crippen LogP contribution < -0.4 is 0 Å². The zero-order valence-electron chi connectivity index (χ0n) is 15.4. The van der Waals surface area contributed by atoms with Gasteiger partial charge in [-0.1, -0.05) is 18.9 Å². The molecule has 0 radical (unpaired) electrons. The molecule has 142 valence electrons. The molecule has 0 aliphatic carbocycles. The zero-order chi connectivity index (χ0) is 18.8. The summed E-state index contributed by atoms with van der Waals surface area (Å²) in [7, 11) is 0. The van der Waals surface area contributed by atoms with Gasteiger partial charge in [-0.3, -0.25) is 9.59 Å². The first-order chi connectivity index (χ1) is 11.1. The van der Waals surface area contributed by atoms with Crippen LogP contribution in [0.5, 0.6) is 0 Å². The third-order valence-corrected chi connectivity index (χ3v) is 3.82. The molecule has 2 atom stereocenters. The number of hydrogen-bond acceptors (Lipinski definition) is 8. The lowest BCUT2D eigenvalue weighted by Crippen LogP contribution is -2.26. The van der Waals surface area contributed by atoms with Gasteiger partial charge in [-0.2, -0.15) is 0 Å². The molecule has 24 heavy (non-hydrogen) atoms. The van der Waals surface area contributed by atoms with Crippen LogP contribution in [-0.4, -0.2) is 34.2 Å². The van der Waals surface area contributed by atoms with E-state index in [0.29, 0.717) is 12.3 Å². The third kappa shape index (κ3) is 12.6. The highest BCUT2D eigenvalue weighted by molar-refractivity contribution is 7.95. The maximum absolute atomic E-state index is 11.8. The van der Waals surface area contributed by atoms with Gasteiger partial charge < -0.3 is 9.47 Å². The van der Waals surface area contributed by atoms with E-state index in [4.69, 9.17) is 14.7 Å². The topological polar surface area (TPSA) is 91.3 Å². The number of ether oxygens (including phenoxy) is 2.